The number of carbonyl (C=O) groups excluding carboxylic acids is 1. The van der Waals surface area contributed by atoms with Gasteiger partial charge < -0.3 is 14.4 Å². The van der Waals surface area contributed by atoms with Crippen LogP contribution in [0, 0.1) is 15.9 Å². The van der Waals surface area contributed by atoms with Crippen LogP contribution in [0.2, 0.25) is 19.6 Å². The molecule has 0 radical (unpaired) electrons. The van der Waals surface area contributed by atoms with E-state index >= 15 is 0 Å². The van der Waals surface area contributed by atoms with Gasteiger partial charge in [0.25, 0.3) is 5.69 Å². The summed E-state index contributed by atoms with van der Waals surface area (Å²) < 4.78 is 25.7. The Labute approximate surface area is 172 Å². The highest BCUT2D eigenvalue weighted by molar-refractivity contribution is 6.75. The molecule has 29 heavy (non-hydrogen) atoms. The smallest absolute Gasteiger partial charge is 0.410 e. The average molecular weight is 427 g/mol. The molecule has 1 aliphatic heterocycles. The number of benzene rings is 1. The van der Waals surface area contributed by atoms with E-state index in [-0.39, 0.29) is 23.6 Å². The monoisotopic (exact) mass is 426 g/mol. The third kappa shape index (κ3) is 6.99. The molecule has 0 bridgehead atoms. The maximum atomic E-state index is 14.5. The maximum absolute atomic E-state index is 14.5. The van der Waals surface area contributed by atoms with Gasteiger partial charge in [0.2, 0.25) is 0 Å². The number of nitro benzene ring substituents is 1. The van der Waals surface area contributed by atoms with Crippen molar-refractivity contribution in [3.8, 4) is 5.75 Å². The largest absolute Gasteiger partial charge is 0.487 e. The van der Waals surface area contributed by atoms with Crippen molar-refractivity contribution >= 4 is 19.9 Å². The van der Waals surface area contributed by atoms with Crippen LogP contribution in [0.1, 0.15) is 39.2 Å². The highest BCUT2D eigenvalue weighted by Crippen LogP contribution is 2.32. The summed E-state index contributed by atoms with van der Waals surface area (Å²) in [4.78, 5) is 24.6. The minimum atomic E-state index is -1.65. The molecule has 0 N–H and O–H groups in total. The molecule has 162 valence electrons. The Balaban J connectivity index is 2.08. The van der Waals surface area contributed by atoms with Gasteiger partial charge in [0, 0.05) is 39.6 Å². The molecule has 7 nitrogen and oxygen atoms in total. The Morgan fingerprint density at radius 2 is 1.86 bits per heavy atom. The highest BCUT2D eigenvalue weighted by Gasteiger charge is 2.29. The van der Waals surface area contributed by atoms with E-state index in [4.69, 9.17) is 9.47 Å². The van der Waals surface area contributed by atoms with Gasteiger partial charge in [0.1, 0.15) is 11.7 Å². The zero-order chi connectivity index (χ0) is 22.0. The van der Waals surface area contributed by atoms with Crippen LogP contribution in [-0.2, 0) is 10.8 Å². The van der Waals surface area contributed by atoms with Crippen molar-refractivity contribution in [3.63, 3.8) is 0 Å². The van der Waals surface area contributed by atoms with Crippen LogP contribution in [0.3, 0.4) is 0 Å². The fourth-order valence-electron chi connectivity index (χ4n) is 3.22. The number of hydrogen-bond acceptors (Lipinski definition) is 5. The first-order valence-electron chi connectivity index (χ1n) is 9.86. The summed E-state index contributed by atoms with van der Waals surface area (Å²) in [7, 11) is -1.65. The number of amides is 1. The molecule has 0 saturated carbocycles. The number of rotatable bonds is 5. The van der Waals surface area contributed by atoms with E-state index in [1.165, 1.54) is 6.07 Å². The summed E-state index contributed by atoms with van der Waals surface area (Å²) in [5.74, 6) is -0.690. The second-order valence-corrected chi connectivity index (χ2v) is 15.2. The second kappa shape index (κ2) is 8.69. The Kier molecular flexibility index (Phi) is 6.92. The van der Waals surface area contributed by atoms with E-state index < -0.39 is 24.4 Å². The predicted octanol–water partition coefficient (Wildman–Crippen LogP) is 4.93. The third-order valence-corrected chi connectivity index (χ3v) is 5.88. The SMILES string of the molecule is CC(C)(C)OC(=O)N1CCC(Oc2cc(C[Si](C)(C)C)c([N+](=O)[O-])cc2F)CC1. The number of nitrogens with zero attached hydrogens (tertiary/aromatic N) is 2. The van der Waals surface area contributed by atoms with Gasteiger partial charge in [0.05, 0.1) is 11.0 Å². The topological polar surface area (TPSA) is 81.9 Å². The number of halogens is 1. The van der Waals surface area contributed by atoms with Crippen molar-refractivity contribution < 1.29 is 23.6 Å². The van der Waals surface area contributed by atoms with E-state index in [2.05, 4.69) is 19.6 Å². The van der Waals surface area contributed by atoms with Crippen LogP contribution in [0.5, 0.6) is 5.75 Å². The van der Waals surface area contributed by atoms with Crippen molar-refractivity contribution in [1.29, 1.82) is 0 Å². The van der Waals surface area contributed by atoms with Gasteiger partial charge >= 0.3 is 6.09 Å². The lowest BCUT2D eigenvalue weighted by Gasteiger charge is -2.33. The van der Waals surface area contributed by atoms with Gasteiger partial charge in [-0.05, 0) is 32.9 Å². The third-order valence-electron chi connectivity index (χ3n) is 4.44. The van der Waals surface area contributed by atoms with Gasteiger partial charge in [-0.2, -0.15) is 0 Å². The number of hydrogen-bond donors (Lipinski definition) is 0. The summed E-state index contributed by atoms with van der Waals surface area (Å²) in [5, 5.41) is 11.3. The summed E-state index contributed by atoms with van der Waals surface area (Å²) in [6.45, 7) is 12.7. The quantitative estimate of drug-likeness (QED) is 0.379. The maximum Gasteiger partial charge on any atom is 0.410 e. The van der Waals surface area contributed by atoms with Crippen molar-refractivity contribution in [2.24, 2.45) is 0 Å². The van der Waals surface area contributed by atoms with E-state index in [1.54, 1.807) is 4.90 Å². The molecule has 0 spiro atoms. The fraction of sp³-hybridized carbons (Fsp3) is 0.650. The van der Waals surface area contributed by atoms with Crippen molar-refractivity contribution in [3.05, 3.63) is 33.6 Å². The van der Waals surface area contributed by atoms with Gasteiger partial charge in [-0.15, -0.1) is 0 Å². The summed E-state index contributed by atoms with van der Waals surface area (Å²) in [6.07, 6.45) is 0.456. The summed E-state index contributed by atoms with van der Waals surface area (Å²) in [6, 6.07) is 3.00. The molecule has 1 heterocycles. The zero-order valence-corrected chi connectivity index (χ0v) is 19.1. The Morgan fingerprint density at radius 1 is 1.28 bits per heavy atom. The number of likely N-dealkylation sites (tertiary alicyclic amines) is 1. The molecule has 0 unspecified atom stereocenters. The second-order valence-electron chi connectivity index (χ2n) is 9.69. The van der Waals surface area contributed by atoms with Crippen molar-refractivity contribution in [2.45, 2.75) is 71.0 Å². The first-order chi connectivity index (χ1) is 13.2. The molecule has 1 fully saturated rings. The van der Waals surface area contributed by atoms with E-state index in [1.807, 2.05) is 20.8 Å². The van der Waals surface area contributed by atoms with Crippen LogP contribution >= 0.6 is 0 Å². The first kappa shape index (κ1) is 23.1. The first-order valence-corrected chi connectivity index (χ1v) is 13.6. The van der Waals surface area contributed by atoms with Gasteiger partial charge in [-0.1, -0.05) is 19.6 Å². The van der Waals surface area contributed by atoms with Crippen LogP contribution in [0.25, 0.3) is 0 Å². The molecule has 1 aliphatic rings. The van der Waals surface area contributed by atoms with Gasteiger partial charge in [-0.25, -0.2) is 9.18 Å². The van der Waals surface area contributed by atoms with E-state index in [0.29, 0.717) is 37.5 Å². The number of nitro groups is 1. The minimum Gasteiger partial charge on any atom is -0.487 e. The molecule has 0 aliphatic carbocycles. The average Bonchev–Trinajstić information content (AvgIpc) is 2.55. The lowest BCUT2D eigenvalue weighted by Crippen LogP contribution is -2.44. The van der Waals surface area contributed by atoms with E-state index in [0.717, 1.165) is 6.07 Å². The number of piperidine rings is 1. The molecule has 0 atom stereocenters. The number of ether oxygens (including phenoxy) is 2. The molecule has 1 aromatic rings. The highest BCUT2D eigenvalue weighted by atomic mass is 28.3. The Morgan fingerprint density at radius 3 is 2.34 bits per heavy atom. The fourth-order valence-corrected chi connectivity index (χ4v) is 4.65. The Bertz CT molecular complexity index is 765. The van der Waals surface area contributed by atoms with Crippen LogP contribution in [0.15, 0.2) is 12.1 Å². The zero-order valence-electron chi connectivity index (χ0n) is 18.1. The van der Waals surface area contributed by atoms with Crippen molar-refractivity contribution in [1.82, 2.24) is 4.90 Å². The molecule has 9 heteroatoms. The summed E-state index contributed by atoms with van der Waals surface area (Å²) >= 11 is 0. The lowest BCUT2D eigenvalue weighted by molar-refractivity contribution is -0.385. The van der Waals surface area contributed by atoms with E-state index in [9.17, 15) is 19.3 Å². The molecular weight excluding hydrogens is 395 g/mol. The van der Waals surface area contributed by atoms with Gasteiger partial charge in [0.15, 0.2) is 11.6 Å². The molecule has 0 aromatic heterocycles. The predicted molar refractivity (Wildman–Crippen MR) is 112 cm³/mol. The van der Waals surface area contributed by atoms with Crippen LogP contribution in [-0.4, -0.2) is 48.8 Å². The van der Waals surface area contributed by atoms with Crippen molar-refractivity contribution in [2.75, 3.05) is 13.1 Å². The molecule has 1 amide bonds. The molecule has 1 saturated heterocycles. The lowest BCUT2D eigenvalue weighted by atomic mass is 10.1. The minimum absolute atomic E-state index is 0.0413. The van der Waals surface area contributed by atoms with Gasteiger partial charge in [-0.3, -0.25) is 10.1 Å². The standard InChI is InChI=1S/C20H31FN2O5Si/c1-20(2,3)28-19(24)22-9-7-15(8-10-22)27-18-11-14(13-29(4,5)6)17(23(25)26)12-16(18)21/h11-12,15H,7-10,13H2,1-6H3. The molecular formula is C20H31FN2O5Si. The Hall–Kier alpha value is -2.16. The molecule has 2 rings (SSSR count). The summed E-state index contributed by atoms with van der Waals surface area (Å²) in [5.41, 5.74) is -0.243. The number of carbonyl (C=O) groups is 1. The molecule has 1 aromatic carbocycles. The van der Waals surface area contributed by atoms with Crippen LogP contribution < -0.4 is 4.74 Å². The van der Waals surface area contributed by atoms with Crippen LogP contribution in [0.4, 0.5) is 14.9 Å². The normalized spacial score (nSPS) is 15.9.